The predicted molar refractivity (Wildman–Crippen MR) is 120 cm³/mol. The highest BCUT2D eigenvalue weighted by Crippen LogP contribution is 2.35. The Kier molecular flexibility index (Phi) is 8.66. The molecule has 1 aromatic rings. The summed E-state index contributed by atoms with van der Waals surface area (Å²) in [5.74, 6) is 3.33. The number of nitrogens with one attached hydrogen (secondary N) is 2. The highest BCUT2D eigenvalue weighted by molar-refractivity contribution is 14.0. The van der Waals surface area contributed by atoms with E-state index in [-0.39, 0.29) is 29.9 Å². The third kappa shape index (κ3) is 6.26. The smallest absolute Gasteiger partial charge is 0.221 e. The lowest BCUT2D eigenvalue weighted by molar-refractivity contribution is -0.114. The van der Waals surface area contributed by atoms with Crippen molar-refractivity contribution in [1.82, 2.24) is 10.2 Å². The van der Waals surface area contributed by atoms with Crippen molar-refractivity contribution in [2.75, 3.05) is 38.6 Å². The zero-order valence-corrected chi connectivity index (χ0v) is 18.6. The molecule has 1 saturated heterocycles. The third-order valence-electron chi connectivity index (χ3n) is 5.30. The fraction of sp³-hybridized carbons (Fsp3) is 0.600. The van der Waals surface area contributed by atoms with E-state index in [2.05, 4.69) is 20.5 Å². The van der Waals surface area contributed by atoms with E-state index in [1.54, 1.807) is 0 Å². The molecule has 2 aliphatic rings. The molecule has 2 fully saturated rings. The number of aliphatic imine (C=N–C) groups is 1. The topological polar surface area (TPSA) is 66.0 Å². The van der Waals surface area contributed by atoms with Gasteiger partial charge in [-0.2, -0.15) is 0 Å². The van der Waals surface area contributed by atoms with E-state index < -0.39 is 0 Å². The van der Waals surface area contributed by atoms with Crippen molar-refractivity contribution in [3.8, 4) is 5.75 Å². The average molecular weight is 486 g/mol. The predicted octanol–water partition coefficient (Wildman–Crippen LogP) is 3.34. The monoisotopic (exact) mass is 486 g/mol. The minimum absolute atomic E-state index is 0. The van der Waals surface area contributed by atoms with Gasteiger partial charge in [0.05, 0.1) is 6.54 Å². The van der Waals surface area contributed by atoms with Crippen molar-refractivity contribution in [1.29, 1.82) is 0 Å². The summed E-state index contributed by atoms with van der Waals surface area (Å²) in [7, 11) is 1.85. The van der Waals surface area contributed by atoms with E-state index >= 15 is 0 Å². The van der Waals surface area contributed by atoms with Crippen LogP contribution in [0.5, 0.6) is 5.75 Å². The minimum atomic E-state index is -0.0844. The quantitative estimate of drug-likeness (QED) is 0.290. The first-order valence-corrected chi connectivity index (χ1v) is 9.62. The van der Waals surface area contributed by atoms with Crippen LogP contribution in [0.15, 0.2) is 29.3 Å². The van der Waals surface area contributed by atoms with Gasteiger partial charge in [0.1, 0.15) is 12.4 Å². The van der Waals surface area contributed by atoms with Crippen LogP contribution in [0.1, 0.15) is 32.6 Å². The molecule has 7 heteroatoms. The van der Waals surface area contributed by atoms with Gasteiger partial charge in [-0.15, -0.1) is 24.0 Å². The molecule has 1 heterocycles. The number of carbonyl (C=O) groups excluding carboxylic acids is 1. The Morgan fingerprint density at radius 1 is 1.26 bits per heavy atom. The van der Waals surface area contributed by atoms with Gasteiger partial charge >= 0.3 is 0 Å². The van der Waals surface area contributed by atoms with Gasteiger partial charge in [0, 0.05) is 38.8 Å². The molecule has 0 radical (unpaired) electrons. The Balaban J connectivity index is 0.00000261. The summed E-state index contributed by atoms with van der Waals surface area (Å²) in [6.45, 7) is 5.00. The average Bonchev–Trinajstić information content (AvgIpc) is 3.05. The van der Waals surface area contributed by atoms with Crippen LogP contribution in [-0.2, 0) is 4.79 Å². The van der Waals surface area contributed by atoms with Crippen LogP contribution in [0.3, 0.4) is 0 Å². The molecule has 6 nitrogen and oxygen atoms in total. The van der Waals surface area contributed by atoms with Crippen molar-refractivity contribution < 1.29 is 9.53 Å². The molecule has 2 unspecified atom stereocenters. The number of likely N-dealkylation sites (tertiary alicyclic amines) is 1. The van der Waals surface area contributed by atoms with E-state index in [0.717, 1.165) is 42.3 Å². The second-order valence-corrected chi connectivity index (χ2v) is 7.24. The van der Waals surface area contributed by atoms with Crippen LogP contribution < -0.4 is 15.4 Å². The molecule has 0 aromatic heterocycles. The van der Waals surface area contributed by atoms with Gasteiger partial charge in [0.25, 0.3) is 0 Å². The number of hydrogen-bond acceptors (Lipinski definition) is 3. The van der Waals surface area contributed by atoms with Crippen molar-refractivity contribution >= 4 is 41.5 Å². The highest BCUT2D eigenvalue weighted by Gasteiger charge is 2.35. The van der Waals surface area contributed by atoms with Crippen LogP contribution in [0.25, 0.3) is 0 Å². The second-order valence-electron chi connectivity index (χ2n) is 7.24. The van der Waals surface area contributed by atoms with Gasteiger partial charge in [-0.25, -0.2) is 0 Å². The number of anilines is 1. The first-order chi connectivity index (χ1) is 12.7. The summed E-state index contributed by atoms with van der Waals surface area (Å²) in [5.41, 5.74) is 0.749. The second kappa shape index (κ2) is 10.7. The number of guanidine groups is 1. The number of fused-ring (bicyclic) bond motifs is 1. The molecule has 1 amide bonds. The number of benzene rings is 1. The minimum Gasteiger partial charge on any atom is -0.492 e. The molecular formula is C20H31IN4O2. The number of carbonyl (C=O) groups is 1. The molecule has 0 spiro atoms. The molecule has 1 saturated carbocycles. The molecule has 2 N–H and O–H groups in total. The summed E-state index contributed by atoms with van der Waals surface area (Å²) >= 11 is 0. The Morgan fingerprint density at radius 2 is 1.96 bits per heavy atom. The maximum absolute atomic E-state index is 11.1. The van der Waals surface area contributed by atoms with Crippen LogP contribution in [0, 0.1) is 11.8 Å². The van der Waals surface area contributed by atoms with Gasteiger partial charge in [-0.05, 0) is 36.8 Å². The van der Waals surface area contributed by atoms with Crippen molar-refractivity contribution in [2.24, 2.45) is 16.8 Å². The lowest BCUT2D eigenvalue weighted by Gasteiger charge is -2.22. The van der Waals surface area contributed by atoms with Gasteiger partial charge in [0.15, 0.2) is 5.96 Å². The zero-order valence-electron chi connectivity index (χ0n) is 16.2. The summed E-state index contributed by atoms with van der Waals surface area (Å²) in [4.78, 5) is 18.0. The van der Waals surface area contributed by atoms with Gasteiger partial charge in [-0.3, -0.25) is 9.79 Å². The molecule has 2 atom stereocenters. The normalized spacial score (nSPS) is 21.9. The maximum atomic E-state index is 11.1. The molecule has 1 aromatic carbocycles. The van der Waals surface area contributed by atoms with Crippen molar-refractivity contribution in [2.45, 2.75) is 32.6 Å². The largest absolute Gasteiger partial charge is 0.492 e. The van der Waals surface area contributed by atoms with E-state index in [9.17, 15) is 4.79 Å². The molecule has 1 aliphatic heterocycles. The highest BCUT2D eigenvalue weighted by atomic mass is 127. The number of ether oxygens (including phenoxy) is 1. The summed E-state index contributed by atoms with van der Waals surface area (Å²) < 4.78 is 5.79. The number of amides is 1. The first-order valence-electron chi connectivity index (χ1n) is 9.62. The molecule has 1 aliphatic carbocycles. The van der Waals surface area contributed by atoms with Crippen molar-refractivity contribution in [3.63, 3.8) is 0 Å². The lowest BCUT2D eigenvalue weighted by atomic mass is 9.82. The van der Waals surface area contributed by atoms with Crippen LogP contribution in [0.4, 0.5) is 5.69 Å². The lowest BCUT2D eigenvalue weighted by Crippen LogP contribution is -2.41. The van der Waals surface area contributed by atoms with Crippen LogP contribution in [-0.4, -0.2) is 50.1 Å². The third-order valence-corrected chi connectivity index (χ3v) is 5.30. The zero-order chi connectivity index (χ0) is 18.4. The Morgan fingerprint density at radius 3 is 2.59 bits per heavy atom. The number of rotatable bonds is 5. The van der Waals surface area contributed by atoms with Gasteiger partial charge < -0.3 is 20.3 Å². The van der Waals surface area contributed by atoms with E-state index in [0.29, 0.717) is 13.2 Å². The van der Waals surface area contributed by atoms with Crippen molar-refractivity contribution in [3.05, 3.63) is 24.3 Å². The molecule has 3 rings (SSSR count). The SMILES string of the molecule is CN=C(NCCOc1cccc(NC(C)=O)c1)N1CC2CCCCC2C1.I. The maximum Gasteiger partial charge on any atom is 0.221 e. The van der Waals surface area contributed by atoms with Crippen LogP contribution in [0.2, 0.25) is 0 Å². The van der Waals surface area contributed by atoms with Crippen LogP contribution >= 0.6 is 24.0 Å². The summed E-state index contributed by atoms with van der Waals surface area (Å²) in [6.07, 6.45) is 5.50. The molecule has 0 bridgehead atoms. The number of nitrogens with zero attached hydrogens (tertiary/aromatic N) is 2. The number of halogens is 1. The van der Waals surface area contributed by atoms with E-state index in [1.807, 2.05) is 31.3 Å². The Bertz CT molecular complexity index is 639. The molecule has 27 heavy (non-hydrogen) atoms. The Hall–Kier alpha value is -1.51. The summed E-state index contributed by atoms with van der Waals surface area (Å²) in [5, 5.41) is 6.18. The van der Waals surface area contributed by atoms with Gasteiger partial charge in [-0.1, -0.05) is 18.9 Å². The van der Waals surface area contributed by atoms with E-state index in [1.165, 1.54) is 32.6 Å². The Labute approximate surface area is 179 Å². The fourth-order valence-corrected chi connectivity index (χ4v) is 4.11. The standard InChI is InChI=1S/C20H30N4O2.HI/c1-15(25)23-18-8-5-9-19(12-18)26-11-10-22-20(21-2)24-13-16-6-3-4-7-17(16)14-24;/h5,8-9,12,16-17H,3-4,6-7,10-11,13-14H2,1-2H3,(H,21,22)(H,23,25);1H. The molecule has 150 valence electrons. The first kappa shape index (κ1) is 21.8. The fourth-order valence-electron chi connectivity index (χ4n) is 4.11. The molecular weight excluding hydrogens is 455 g/mol. The summed E-state index contributed by atoms with van der Waals surface area (Å²) in [6, 6.07) is 7.45. The number of hydrogen-bond donors (Lipinski definition) is 2. The van der Waals surface area contributed by atoms with Gasteiger partial charge in [0.2, 0.25) is 5.91 Å². The van der Waals surface area contributed by atoms with E-state index in [4.69, 9.17) is 4.74 Å².